The number of amides is 1. The molecule has 1 amide bonds. The van der Waals surface area contributed by atoms with E-state index in [1.54, 1.807) is 26.8 Å². The van der Waals surface area contributed by atoms with Gasteiger partial charge in [0.25, 0.3) is 0 Å². The molecule has 0 bridgehead atoms. The Labute approximate surface area is 84.3 Å². The lowest BCUT2D eigenvalue weighted by atomic mass is 10.2. The van der Waals surface area contributed by atoms with Crippen molar-refractivity contribution in [3.05, 3.63) is 12.7 Å². The zero-order valence-corrected chi connectivity index (χ0v) is 8.87. The molecule has 0 unspecified atom stereocenters. The number of alkyl carbamates (subject to hydrolysis) is 1. The van der Waals surface area contributed by atoms with Gasteiger partial charge in [0.1, 0.15) is 11.9 Å². The molecule has 4 nitrogen and oxygen atoms in total. The summed E-state index contributed by atoms with van der Waals surface area (Å²) >= 11 is 0. The summed E-state index contributed by atoms with van der Waals surface area (Å²) in [5.74, 6) is 0. The Kier molecular flexibility index (Phi) is 4.91. The molecule has 1 atom stereocenters. The smallest absolute Gasteiger partial charge is 0.408 e. The minimum atomic E-state index is -0.587. The third-order valence-electron chi connectivity index (χ3n) is 1.29. The van der Waals surface area contributed by atoms with E-state index in [2.05, 4.69) is 11.9 Å². The molecule has 0 aromatic carbocycles. The lowest BCUT2D eigenvalue weighted by molar-refractivity contribution is -0.109. The summed E-state index contributed by atoms with van der Waals surface area (Å²) in [6.07, 6.45) is 2.04. The molecule has 0 aliphatic rings. The molecule has 4 heteroatoms. The van der Waals surface area contributed by atoms with Crippen LogP contribution in [0.15, 0.2) is 12.7 Å². The fraction of sp³-hybridized carbons (Fsp3) is 0.600. The zero-order chi connectivity index (χ0) is 11.2. The molecule has 0 spiro atoms. The molecule has 0 aliphatic carbocycles. The van der Waals surface area contributed by atoms with E-state index in [-0.39, 0.29) is 0 Å². The average molecular weight is 199 g/mol. The summed E-state index contributed by atoms with van der Waals surface area (Å²) in [4.78, 5) is 21.7. The first-order valence-corrected chi connectivity index (χ1v) is 4.44. The van der Waals surface area contributed by atoms with Gasteiger partial charge in [-0.05, 0) is 27.2 Å². The van der Waals surface area contributed by atoms with Crippen LogP contribution in [-0.2, 0) is 9.53 Å². The molecule has 0 aromatic rings. The topological polar surface area (TPSA) is 55.4 Å². The predicted octanol–water partition coefficient (Wildman–Crippen LogP) is 1.65. The second-order valence-electron chi connectivity index (χ2n) is 3.91. The van der Waals surface area contributed by atoms with Gasteiger partial charge >= 0.3 is 6.09 Å². The van der Waals surface area contributed by atoms with Gasteiger partial charge in [-0.1, -0.05) is 6.08 Å². The third-order valence-corrected chi connectivity index (χ3v) is 1.29. The monoisotopic (exact) mass is 199 g/mol. The van der Waals surface area contributed by atoms with E-state index >= 15 is 0 Å². The maximum absolute atomic E-state index is 11.2. The van der Waals surface area contributed by atoms with Crippen molar-refractivity contribution in [2.45, 2.75) is 38.8 Å². The summed E-state index contributed by atoms with van der Waals surface area (Å²) in [5.41, 5.74) is -0.550. The first-order chi connectivity index (χ1) is 6.39. The van der Waals surface area contributed by atoms with E-state index < -0.39 is 17.7 Å². The first kappa shape index (κ1) is 12.7. The largest absolute Gasteiger partial charge is 0.444 e. The van der Waals surface area contributed by atoms with Crippen molar-refractivity contribution in [3.8, 4) is 0 Å². The van der Waals surface area contributed by atoms with E-state index in [4.69, 9.17) is 4.74 Å². The minimum Gasteiger partial charge on any atom is -0.444 e. The molecule has 0 radical (unpaired) electrons. The Morgan fingerprint density at radius 2 is 2.14 bits per heavy atom. The quantitative estimate of drug-likeness (QED) is 0.553. The highest BCUT2D eigenvalue weighted by molar-refractivity contribution is 5.73. The predicted molar refractivity (Wildman–Crippen MR) is 54.0 cm³/mol. The normalized spacial score (nSPS) is 12.8. The van der Waals surface area contributed by atoms with Gasteiger partial charge < -0.3 is 14.8 Å². The summed E-state index contributed by atoms with van der Waals surface area (Å²) in [7, 11) is 0. The number of nitrogens with one attached hydrogen (secondary N) is 1. The van der Waals surface area contributed by atoms with Gasteiger partial charge in [0.15, 0.2) is 0 Å². The van der Waals surface area contributed by atoms with Crippen molar-refractivity contribution in [1.82, 2.24) is 5.32 Å². The van der Waals surface area contributed by atoms with Gasteiger partial charge in [0.05, 0.1) is 6.04 Å². The molecule has 0 aliphatic heterocycles. The third kappa shape index (κ3) is 6.22. The summed E-state index contributed by atoms with van der Waals surface area (Å²) < 4.78 is 4.97. The molecular formula is C10H17NO3. The van der Waals surface area contributed by atoms with Crippen LogP contribution in [0.1, 0.15) is 27.2 Å². The minimum absolute atomic E-state index is 0.405. The van der Waals surface area contributed by atoms with E-state index in [0.29, 0.717) is 12.7 Å². The number of hydrogen-bond acceptors (Lipinski definition) is 3. The van der Waals surface area contributed by atoms with Crippen LogP contribution in [0.4, 0.5) is 4.79 Å². The van der Waals surface area contributed by atoms with Crippen molar-refractivity contribution in [2.75, 3.05) is 0 Å². The molecule has 1 N–H and O–H groups in total. The molecule has 80 valence electrons. The Balaban J connectivity index is 4.03. The number of aldehydes is 1. The molecule has 0 aromatic heterocycles. The van der Waals surface area contributed by atoms with Gasteiger partial charge in [0, 0.05) is 0 Å². The van der Waals surface area contributed by atoms with Gasteiger partial charge in [-0.3, -0.25) is 0 Å². The molecular weight excluding hydrogens is 182 g/mol. The van der Waals surface area contributed by atoms with Crippen LogP contribution >= 0.6 is 0 Å². The number of carbonyl (C=O) groups is 2. The van der Waals surface area contributed by atoms with E-state index in [9.17, 15) is 9.59 Å². The van der Waals surface area contributed by atoms with Crippen molar-refractivity contribution in [1.29, 1.82) is 0 Å². The number of rotatable bonds is 4. The highest BCUT2D eigenvalue weighted by atomic mass is 16.6. The molecule has 14 heavy (non-hydrogen) atoms. The van der Waals surface area contributed by atoms with Crippen LogP contribution in [0, 0.1) is 0 Å². The molecule has 0 fully saturated rings. The van der Waals surface area contributed by atoms with Gasteiger partial charge in [-0.15, -0.1) is 6.58 Å². The Morgan fingerprint density at radius 3 is 2.50 bits per heavy atom. The Hall–Kier alpha value is -1.32. The number of carbonyl (C=O) groups excluding carboxylic acids is 2. The molecule has 0 saturated carbocycles. The SMILES string of the molecule is C=CC[C@H](C=O)NC(=O)OC(C)(C)C. The summed E-state index contributed by atoms with van der Waals surface area (Å²) in [5, 5.41) is 2.42. The maximum Gasteiger partial charge on any atom is 0.408 e. The fourth-order valence-corrected chi connectivity index (χ4v) is 0.787. The zero-order valence-electron chi connectivity index (χ0n) is 8.87. The van der Waals surface area contributed by atoms with E-state index in [1.165, 1.54) is 0 Å². The molecule has 0 saturated heterocycles. The average Bonchev–Trinajstić information content (AvgIpc) is 2.00. The Morgan fingerprint density at radius 1 is 1.57 bits per heavy atom. The first-order valence-electron chi connectivity index (χ1n) is 4.44. The van der Waals surface area contributed by atoms with E-state index in [1.807, 2.05) is 0 Å². The highest BCUT2D eigenvalue weighted by Crippen LogP contribution is 2.06. The second-order valence-corrected chi connectivity index (χ2v) is 3.91. The summed E-state index contributed by atoms with van der Waals surface area (Å²) in [6.45, 7) is 8.76. The standard InChI is InChI=1S/C10H17NO3/c1-5-6-8(7-12)11-9(13)14-10(2,3)4/h5,7-8H,1,6H2,2-4H3,(H,11,13)/t8-/m1/s1. The van der Waals surface area contributed by atoms with Crippen molar-refractivity contribution in [3.63, 3.8) is 0 Å². The van der Waals surface area contributed by atoms with Crippen molar-refractivity contribution < 1.29 is 14.3 Å². The van der Waals surface area contributed by atoms with Crippen LogP contribution in [0.25, 0.3) is 0 Å². The van der Waals surface area contributed by atoms with Crippen LogP contribution < -0.4 is 5.32 Å². The van der Waals surface area contributed by atoms with Crippen molar-refractivity contribution >= 4 is 12.4 Å². The number of hydrogen-bond donors (Lipinski definition) is 1. The molecule has 0 heterocycles. The molecule has 0 rings (SSSR count). The maximum atomic E-state index is 11.2. The fourth-order valence-electron chi connectivity index (χ4n) is 0.787. The summed E-state index contributed by atoms with van der Waals surface area (Å²) in [6, 6.07) is -0.553. The second kappa shape index (κ2) is 5.42. The van der Waals surface area contributed by atoms with Gasteiger partial charge in [0.2, 0.25) is 0 Å². The lowest BCUT2D eigenvalue weighted by Gasteiger charge is -2.21. The van der Waals surface area contributed by atoms with Crippen LogP contribution in [0.3, 0.4) is 0 Å². The Bertz CT molecular complexity index is 218. The van der Waals surface area contributed by atoms with Crippen LogP contribution in [0.2, 0.25) is 0 Å². The number of ether oxygens (including phenoxy) is 1. The van der Waals surface area contributed by atoms with Gasteiger partial charge in [-0.25, -0.2) is 4.79 Å². The van der Waals surface area contributed by atoms with Crippen molar-refractivity contribution in [2.24, 2.45) is 0 Å². The van der Waals surface area contributed by atoms with E-state index in [0.717, 1.165) is 0 Å². The van der Waals surface area contributed by atoms with Crippen LogP contribution in [0.5, 0.6) is 0 Å². The lowest BCUT2D eigenvalue weighted by Crippen LogP contribution is -2.39. The van der Waals surface area contributed by atoms with Gasteiger partial charge in [-0.2, -0.15) is 0 Å². The van der Waals surface area contributed by atoms with Crippen LogP contribution in [-0.4, -0.2) is 24.0 Å². The highest BCUT2D eigenvalue weighted by Gasteiger charge is 2.18.